The molecule has 0 bridgehead atoms. The molecule has 1 unspecified atom stereocenters. The minimum Gasteiger partial charge on any atom is -0.352 e. The fourth-order valence-electron chi connectivity index (χ4n) is 2.09. The maximum absolute atomic E-state index is 11.8. The summed E-state index contributed by atoms with van der Waals surface area (Å²) in [5, 5.41) is 6.29. The largest absolute Gasteiger partial charge is 0.352 e. The number of hydrogen-bond donors (Lipinski definition) is 3. The predicted molar refractivity (Wildman–Crippen MR) is 66.2 cm³/mol. The Balaban J connectivity index is 2.16. The molecule has 94 valence electrons. The lowest BCUT2D eigenvalue weighted by atomic mass is 9.95. The lowest BCUT2D eigenvalue weighted by Crippen LogP contribution is -2.47. The van der Waals surface area contributed by atoms with E-state index in [9.17, 15) is 4.79 Å². The highest BCUT2D eigenvalue weighted by molar-refractivity contribution is 5.81. The summed E-state index contributed by atoms with van der Waals surface area (Å²) >= 11 is 0. The summed E-state index contributed by atoms with van der Waals surface area (Å²) in [5.74, 6) is 0.129. The number of nitrogens with two attached hydrogens (primary N) is 1. The van der Waals surface area contributed by atoms with Crippen molar-refractivity contribution in [2.45, 2.75) is 57.5 Å². The van der Waals surface area contributed by atoms with Crippen LogP contribution in [0.5, 0.6) is 0 Å². The molecule has 1 saturated carbocycles. The van der Waals surface area contributed by atoms with Crippen LogP contribution in [-0.4, -0.2) is 31.1 Å². The van der Waals surface area contributed by atoms with Gasteiger partial charge in [0.05, 0.1) is 6.04 Å². The lowest BCUT2D eigenvalue weighted by Gasteiger charge is -2.24. The highest BCUT2D eigenvalue weighted by Crippen LogP contribution is 2.17. The third-order valence-electron chi connectivity index (χ3n) is 3.18. The molecule has 1 atom stereocenters. The van der Waals surface area contributed by atoms with Crippen molar-refractivity contribution in [1.82, 2.24) is 10.6 Å². The Morgan fingerprint density at radius 1 is 1.38 bits per heavy atom. The van der Waals surface area contributed by atoms with Gasteiger partial charge in [-0.1, -0.05) is 19.3 Å². The minimum atomic E-state index is -0.103. The molecule has 0 aromatic carbocycles. The molecule has 16 heavy (non-hydrogen) atoms. The van der Waals surface area contributed by atoms with Gasteiger partial charge < -0.3 is 16.4 Å². The fraction of sp³-hybridized carbons (Fsp3) is 0.917. The molecule has 0 aromatic rings. The molecular formula is C12H25N3O. The molecule has 1 aliphatic rings. The summed E-state index contributed by atoms with van der Waals surface area (Å²) < 4.78 is 0. The molecule has 4 heteroatoms. The van der Waals surface area contributed by atoms with Crippen molar-refractivity contribution in [1.29, 1.82) is 0 Å². The van der Waals surface area contributed by atoms with Gasteiger partial charge in [0.1, 0.15) is 0 Å². The molecule has 1 aliphatic carbocycles. The van der Waals surface area contributed by atoms with E-state index in [-0.39, 0.29) is 11.9 Å². The summed E-state index contributed by atoms with van der Waals surface area (Å²) in [6.07, 6.45) is 7.01. The van der Waals surface area contributed by atoms with Gasteiger partial charge in [0.2, 0.25) is 5.91 Å². The Hall–Kier alpha value is -0.610. The van der Waals surface area contributed by atoms with Crippen LogP contribution < -0.4 is 16.4 Å². The van der Waals surface area contributed by atoms with E-state index in [0.717, 1.165) is 25.8 Å². The number of nitrogens with one attached hydrogen (secondary N) is 2. The first-order valence-corrected chi connectivity index (χ1v) is 6.48. The van der Waals surface area contributed by atoms with Crippen LogP contribution in [0.1, 0.15) is 45.4 Å². The smallest absolute Gasteiger partial charge is 0.237 e. The van der Waals surface area contributed by atoms with Crippen LogP contribution in [-0.2, 0) is 4.79 Å². The van der Waals surface area contributed by atoms with E-state index in [0.29, 0.717) is 12.6 Å². The topological polar surface area (TPSA) is 67.1 Å². The average molecular weight is 227 g/mol. The van der Waals surface area contributed by atoms with Gasteiger partial charge in [0.15, 0.2) is 0 Å². The Kier molecular flexibility index (Phi) is 6.42. The average Bonchev–Trinajstić information content (AvgIpc) is 2.30. The third-order valence-corrected chi connectivity index (χ3v) is 3.18. The molecule has 0 aromatic heterocycles. The maximum atomic E-state index is 11.8. The second kappa shape index (κ2) is 7.63. The van der Waals surface area contributed by atoms with Crippen molar-refractivity contribution >= 4 is 5.91 Å². The highest BCUT2D eigenvalue weighted by atomic mass is 16.2. The van der Waals surface area contributed by atoms with Gasteiger partial charge in [-0.25, -0.2) is 0 Å². The van der Waals surface area contributed by atoms with E-state index in [1.807, 2.05) is 6.92 Å². The molecule has 0 aliphatic heterocycles. The maximum Gasteiger partial charge on any atom is 0.237 e. The lowest BCUT2D eigenvalue weighted by molar-refractivity contribution is -0.123. The first-order valence-electron chi connectivity index (χ1n) is 6.48. The van der Waals surface area contributed by atoms with Crippen LogP contribution in [0, 0.1) is 0 Å². The zero-order valence-electron chi connectivity index (χ0n) is 10.3. The van der Waals surface area contributed by atoms with E-state index in [2.05, 4.69) is 10.6 Å². The van der Waals surface area contributed by atoms with E-state index in [1.54, 1.807) is 0 Å². The summed E-state index contributed by atoms with van der Waals surface area (Å²) in [7, 11) is 0. The Morgan fingerprint density at radius 2 is 2.06 bits per heavy atom. The molecule has 4 N–H and O–H groups in total. The number of rotatable bonds is 6. The first kappa shape index (κ1) is 13.5. The van der Waals surface area contributed by atoms with Crippen LogP contribution >= 0.6 is 0 Å². The van der Waals surface area contributed by atoms with Gasteiger partial charge in [-0.2, -0.15) is 0 Å². The van der Waals surface area contributed by atoms with Gasteiger partial charge >= 0.3 is 0 Å². The zero-order valence-corrected chi connectivity index (χ0v) is 10.3. The first-order chi connectivity index (χ1) is 7.74. The number of carbonyl (C=O) groups is 1. The highest BCUT2D eigenvalue weighted by Gasteiger charge is 2.18. The van der Waals surface area contributed by atoms with Gasteiger partial charge in [-0.15, -0.1) is 0 Å². The van der Waals surface area contributed by atoms with Crippen molar-refractivity contribution in [3.05, 3.63) is 0 Å². The molecule has 0 spiro atoms. The molecule has 0 radical (unpaired) electrons. The van der Waals surface area contributed by atoms with Gasteiger partial charge in [-0.3, -0.25) is 4.79 Å². The standard InChI is InChI=1S/C12H25N3O/c1-10(14-9-5-8-13)12(16)15-11-6-3-2-4-7-11/h10-11,14H,2-9,13H2,1H3,(H,15,16). The Bertz CT molecular complexity index is 202. The summed E-state index contributed by atoms with van der Waals surface area (Å²) in [5.41, 5.74) is 5.40. The van der Waals surface area contributed by atoms with E-state index in [1.165, 1.54) is 19.3 Å². The number of carbonyl (C=O) groups excluding carboxylic acids is 1. The molecular weight excluding hydrogens is 202 g/mol. The van der Waals surface area contributed by atoms with Crippen LogP contribution in [0.3, 0.4) is 0 Å². The summed E-state index contributed by atoms with van der Waals surface area (Å²) in [6.45, 7) is 3.40. The molecule has 1 rings (SSSR count). The predicted octanol–water partition coefficient (Wildman–Crippen LogP) is 0.762. The zero-order chi connectivity index (χ0) is 11.8. The SMILES string of the molecule is CC(NCCCN)C(=O)NC1CCCCC1. The Labute approximate surface area is 98.3 Å². The molecule has 0 heterocycles. The molecule has 1 fully saturated rings. The van der Waals surface area contributed by atoms with Crippen molar-refractivity contribution in [2.24, 2.45) is 5.73 Å². The summed E-state index contributed by atoms with van der Waals surface area (Å²) in [4.78, 5) is 11.8. The quantitative estimate of drug-likeness (QED) is 0.587. The van der Waals surface area contributed by atoms with E-state index >= 15 is 0 Å². The minimum absolute atomic E-state index is 0.103. The number of hydrogen-bond acceptors (Lipinski definition) is 3. The van der Waals surface area contributed by atoms with Crippen LogP contribution in [0.4, 0.5) is 0 Å². The number of amides is 1. The third kappa shape index (κ3) is 4.94. The molecule has 4 nitrogen and oxygen atoms in total. The fourth-order valence-corrected chi connectivity index (χ4v) is 2.09. The second-order valence-electron chi connectivity index (χ2n) is 4.66. The molecule has 1 amide bonds. The van der Waals surface area contributed by atoms with Crippen molar-refractivity contribution in [3.8, 4) is 0 Å². The normalized spacial score (nSPS) is 19.4. The molecule has 0 saturated heterocycles. The van der Waals surface area contributed by atoms with E-state index in [4.69, 9.17) is 5.73 Å². The monoisotopic (exact) mass is 227 g/mol. The van der Waals surface area contributed by atoms with E-state index < -0.39 is 0 Å². The van der Waals surface area contributed by atoms with Crippen molar-refractivity contribution in [2.75, 3.05) is 13.1 Å². The van der Waals surface area contributed by atoms with Crippen molar-refractivity contribution < 1.29 is 4.79 Å². The second-order valence-corrected chi connectivity index (χ2v) is 4.66. The van der Waals surface area contributed by atoms with Gasteiger partial charge in [0.25, 0.3) is 0 Å². The van der Waals surface area contributed by atoms with Crippen LogP contribution in [0.15, 0.2) is 0 Å². The summed E-state index contributed by atoms with van der Waals surface area (Å²) in [6, 6.07) is 0.300. The Morgan fingerprint density at radius 3 is 2.69 bits per heavy atom. The van der Waals surface area contributed by atoms with Gasteiger partial charge in [0, 0.05) is 6.04 Å². The van der Waals surface area contributed by atoms with Crippen LogP contribution in [0.25, 0.3) is 0 Å². The van der Waals surface area contributed by atoms with Crippen molar-refractivity contribution in [3.63, 3.8) is 0 Å². The van der Waals surface area contributed by atoms with Gasteiger partial charge in [-0.05, 0) is 39.3 Å². The van der Waals surface area contributed by atoms with Crippen LogP contribution in [0.2, 0.25) is 0 Å².